The molecule has 0 radical (unpaired) electrons. The van der Waals surface area contributed by atoms with E-state index in [0.717, 1.165) is 24.8 Å². The monoisotopic (exact) mass is 245 g/mol. The number of rotatable bonds is 3. The van der Waals surface area contributed by atoms with Crippen LogP contribution in [-0.2, 0) is 0 Å². The van der Waals surface area contributed by atoms with Crippen molar-refractivity contribution in [2.75, 3.05) is 0 Å². The van der Waals surface area contributed by atoms with Gasteiger partial charge in [0.15, 0.2) is 0 Å². The second-order valence-electron chi connectivity index (χ2n) is 5.46. The highest BCUT2D eigenvalue weighted by Crippen LogP contribution is 2.31. The smallest absolute Gasteiger partial charge is 0.254 e. The molecule has 0 aliphatic carbocycles. The van der Waals surface area contributed by atoms with Crippen LogP contribution in [0.1, 0.15) is 50.4 Å². The highest BCUT2D eigenvalue weighted by molar-refractivity contribution is 5.94. The fourth-order valence-corrected chi connectivity index (χ4v) is 2.93. The van der Waals surface area contributed by atoms with Crippen LogP contribution < -0.4 is 0 Å². The van der Waals surface area contributed by atoms with Crippen molar-refractivity contribution in [3.05, 3.63) is 35.9 Å². The van der Waals surface area contributed by atoms with Gasteiger partial charge in [-0.05, 0) is 37.8 Å². The second-order valence-corrected chi connectivity index (χ2v) is 5.46. The topological polar surface area (TPSA) is 20.3 Å². The molecule has 0 bridgehead atoms. The molecule has 98 valence electrons. The number of hydrogen-bond donors (Lipinski definition) is 0. The second kappa shape index (κ2) is 5.55. The third kappa shape index (κ3) is 2.43. The van der Waals surface area contributed by atoms with Crippen LogP contribution in [0, 0.1) is 5.92 Å². The van der Waals surface area contributed by atoms with Gasteiger partial charge in [-0.25, -0.2) is 0 Å². The van der Waals surface area contributed by atoms with Crippen LogP contribution in [0.2, 0.25) is 0 Å². The first-order valence-electron chi connectivity index (χ1n) is 7.02. The van der Waals surface area contributed by atoms with Gasteiger partial charge >= 0.3 is 0 Å². The summed E-state index contributed by atoms with van der Waals surface area (Å²) in [6, 6.07) is 10.5. The third-order valence-corrected chi connectivity index (χ3v) is 4.27. The van der Waals surface area contributed by atoms with Crippen LogP contribution in [-0.4, -0.2) is 22.9 Å². The van der Waals surface area contributed by atoms with Gasteiger partial charge in [0.2, 0.25) is 0 Å². The van der Waals surface area contributed by atoms with Crippen LogP contribution in [0.15, 0.2) is 30.3 Å². The lowest BCUT2D eigenvalue weighted by Crippen LogP contribution is -2.42. The zero-order valence-corrected chi connectivity index (χ0v) is 11.6. The normalized spacial score (nSPS) is 25.2. The van der Waals surface area contributed by atoms with E-state index in [9.17, 15) is 4.79 Å². The third-order valence-electron chi connectivity index (χ3n) is 4.27. The van der Waals surface area contributed by atoms with Crippen molar-refractivity contribution >= 4 is 5.91 Å². The molecule has 1 fully saturated rings. The Morgan fingerprint density at radius 3 is 2.61 bits per heavy atom. The van der Waals surface area contributed by atoms with Crippen molar-refractivity contribution < 1.29 is 4.79 Å². The maximum atomic E-state index is 12.6. The number of nitrogens with zero attached hydrogens (tertiary/aromatic N) is 1. The van der Waals surface area contributed by atoms with E-state index in [4.69, 9.17) is 0 Å². The average Bonchev–Trinajstić information content (AvgIpc) is 2.80. The highest BCUT2D eigenvalue weighted by Gasteiger charge is 2.36. The molecule has 0 spiro atoms. The zero-order valence-electron chi connectivity index (χ0n) is 11.6. The molecule has 0 saturated carbocycles. The van der Waals surface area contributed by atoms with Crippen LogP contribution >= 0.6 is 0 Å². The molecular weight excluding hydrogens is 222 g/mol. The summed E-state index contributed by atoms with van der Waals surface area (Å²) in [5, 5.41) is 0. The molecule has 1 heterocycles. The fourth-order valence-electron chi connectivity index (χ4n) is 2.93. The van der Waals surface area contributed by atoms with E-state index in [1.165, 1.54) is 0 Å². The van der Waals surface area contributed by atoms with E-state index in [1.54, 1.807) is 0 Å². The molecule has 18 heavy (non-hydrogen) atoms. The molecule has 1 aliphatic rings. The Bertz CT molecular complexity index is 401. The van der Waals surface area contributed by atoms with Crippen molar-refractivity contribution in [3.8, 4) is 0 Å². The first-order chi connectivity index (χ1) is 8.65. The Labute approximate surface area is 110 Å². The molecular formula is C16H23NO. The Kier molecular flexibility index (Phi) is 4.05. The van der Waals surface area contributed by atoms with Crippen LogP contribution in [0.25, 0.3) is 0 Å². The molecule has 1 aromatic rings. The lowest BCUT2D eigenvalue weighted by Gasteiger charge is -2.32. The summed E-state index contributed by atoms with van der Waals surface area (Å²) >= 11 is 0. The molecule has 0 N–H and O–H groups in total. The average molecular weight is 245 g/mol. The predicted octanol–water partition coefficient (Wildman–Crippen LogP) is 3.73. The predicted molar refractivity (Wildman–Crippen MR) is 74.6 cm³/mol. The number of carbonyl (C=O) groups is 1. The van der Waals surface area contributed by atoms with Gasteiger partial charge < -0.3 is 4.90 Å². The fraction of sp³-hybridized carbons (Fsp3) is 0.562. The lowest BCUT2D eigenvalue weighted by atomic mass is 9.96. The standard InChI is InChI=1S/C16H23NO/c1-4-12(2)15-11-10-13(3)17(15)16(18)14-8-6-5-7-9-14/h5-9,12-13,15H,4,10-11H2,1-3H3. The summed E-state index contributed by atoms with van der Waals surface area (Å²) in [6.45, 7) is 6.63. The van der Waals surface area contributed by atoms with Crippen LogP contribution in [0.3, 0.4) is 0 Å². The van der Waals surface area contributed by atoms with Crippen molar-refractivity contribution in [2.24, 2.45) is 5.92 Å². The van der Waals surface area contributed by atoms with Crippen molar-refractivity contribution in [1.82, 2.24) is 4.90 Å². The summed E-state index contributed by atoms with van der Waals surface area (Å²) in [4.78, 5) is 14.7. The highest BCUT2D eigenvalue weighted by atomic mass is 16.2. The number of hydrogen-bond acceptors (Lipinski definition) is 1. The van der Waals surface area contributed by atoms with Crippen LogP contribution in [0.5, 0.6) is 0 Å². The summed E-state index contributed by atoms with van der Waals surface area (Å²) in [5.41, 5.74) is 0.819. The Morgan fingerprint density at radius 2 is 2.00 bits per heavy atom. The minimum absolute atomic E-state index is 0.200. The van der Waals surface area contributed by atoms with Crippen molar-refractivity contribution in [2.45, 2.75) is 52.1 Å². The quantitative estimate of drug-likeness (QED) is 0.794. The van der Waals surface area contributed by atoms with Gasteiger partial charge in [-0.15, -0.1) is 0 Å². The number of carbonyl (C=O) groups excluding carboxylic acids is 1. The maximum absolute atomic E-state index is 12.6. The summed E-state index contributed by atoms with van der Waals surface area (Å²) in [5.74, 6) is 0.786. The largest absolute Gasteiger partial charge is 0.333 e. The number of amides is 1. The SMILES string of the molecule is CCC(C)C1CCC(C)N1C(=O)c1ccccc1. The Morgan fingerprint density at radius 1 is 1.33 bits per heavy atom. The molecule has 2 rings (SSSR count). The molecule has 3 atom stereocenters. The van der Waals surface area contributed by atoms with E-state index < -0.39 is 0 Å². The van der Waals surface area contributed by atoms with Gasteiger partial charge in [-0.3, -0.25) is 4.79 Å². The van der Waals surface area contributed by atoms with Gasteiger partial charge in [-0.1, -0.05) is 38.5 Å². The minimum atomic E-state index is 0.200. The van der Waals surface area contributed by atoms with Gasteiger partial charge in [0.25, 0.3) is 5.91 Å². The lowest BCUT2D eigenvalue weighted by molar-refractivity contribution is 0.0627. The molecule has 1 aliphatic heterocycles. The van der Waals surface area contributed by atoms with E-state index in [-0.39, 0.29) is 5.91 Å². The first kappa shape index (κ1) is 13.1. The van der Waals surface area contributed by atoms with E-state index in [0.29, 0.717) is 18.0 Å². The van der Waals surface area contributed by atoms with Gasteiger partial charge in [0.1, 0.15) is 0 Å². The zero-order chi connectivity index (χ0) is 13.1. The van der Waals surface area contributed by atoms with Crippen LogP contribution in [0.4, 0.5) is 0 Å². The van der Waals surface area contributed by atoms with Crippen molar-refractivity contribution in [1.29, 1.82) is 0 Å². The van der Waals surface area contributed by atoms with Crippen molar-refractivity contribution in [3.63, 3.8) is 0 Å². The molecule has 2 heteroatoms. The molecule has 0 aromatic heterocycles. The minimum Gasteiger partial charge on any atom is -0.333 e. The Hall–Kier alpha value is -1.31. The van der Waals surface area contributed by atoms with Gasteiger partial charge in [0, 0.05) is 17.6 Å². The first-order valence-corrected chi connectivity index (χ1v) is 7.02. The molecule has 1 aromatic carbocycles. The summed E-state index contributed by atoms with van der Waals surface area (Å²) < 4.78 is 0. The van der Waals surface area contributed by atoms with E-state index in [1.807, 2.05) is 30.3 Å². The van der Waals surface area contributed by atoms with E-state index >= 15 is 0 Å². The summed E-state index contributed by atoms with van der Waals surface area (Å²) in [7, 11) is 0. The number of benzene rings is 1. The molecule has 1 amide bonds. The summed E-state index contributed by atoms with van der Waals surface area (Å²) in [6.07, 6.45) is 3.41. The Balaban J connectivity index is 2.21. The van der Waals surface area contributed by atoms with Gasteiger partial charge in [-0.2, -0.15) is 0 Å². The maximum Gasteiger partial charge on any atom is 0.254 e. The van der Waals surface area contributed by atoms with E-state index in [2.05, 4.69) is 25.7 Å². The molecule has 2 nitrogen and oxygen atoms in total. The number of likely N-dealkylation sites (tertiary alicyclic amines) is 1. The molecule has 3 unspecified atom stereocenters. The molecule has 1 saturated heterocycles. The van der Waals surface area contributed by atoms with Gasteiger partial charge in [0.05, 0.1) is 0 Å².